The second-order valence-electron chi connectivity index (χ2n) is 3.92. The van der Waals surface area contributed by atoms with E-state index in [2.05, 4.69) is 0 Å². The number of hydrogen-bond donors (Lipinski definition) is 3. The van der Waals surface area contributed by atoms with Crippen LogP contribution in [-0.2, 0) is 11.0 Å². The van der Waals surface area contributed by atoms with Gasteiger partial charge in [-0.2, -0.15) is 0 Å². The maximum absolute atomic E-state index is 11.1. The van der Waals surface area contributed by atoms with Crippen LogP contribution in [0.1, 0.15) is 11.1 Å². The van der Waals surface area contributed by atoms with Crippen molar-refractivity contribution in [2.75, 3.05) is 12.7 Å². The van der Waals surface area contributed by atoms with E-state index in [1.807, 2.05) is 31.2 Å². The summed E-state index contributed by atoms with van der Waals surface area (Å²) in [5, 5.41) is 0. The van der Waals surface area contributed by atoms with E-state index in [9.17, 15) is 14.6 Å². The van der Waals surface area contributed by atoms with Crippen LogP contribution in [-0.4, -0.2) is 28.3 Å². The molecule has 0 aliphatic carbocycles. The van der Waals surface area contributed by atoms with E-state index in [0.717, 1.165) is 11.1 Å². The molecule has 4 nitrogen and oxygen atoms in total. The predicted molar refractivity (Wildman–Crippen MR) is 65.2 cm³/mol. The van der Waals surface area contributed by atoms with E-state index < -0.39 is 7.72 Å². The number of carbonyl (C=O) groups excluding carboxylic acids is 1. The highest BCUT2D eigenvalue weighted by atomic mass is 31.2. The van der Waals surface area contributed by atoms with Crippen LogP contribution in [0.2, 0.25) is 0 Å². The molecule has 0 aliphatic rings. The summed E-state index contributed by atoms with van der Waals surface area (Å²) >= 11 is 0. The first kappa shape index (κ1) is 13.3. The van der Waals surface area contributed by atoms with Crippen LogP contribution in [0.15, 0.2) is 24.3 Å². The average Bonchev–Trinajstić information content (AvgIpc) is 2.20. The molecule has 0 atom stereocenters. The number of nitrogens with two attached hydrogens (primary N) is 1. The normalized spacial score (nSPS) is 11.5. The van der Waals surface area contributed by atoms with Crippen LogP contribution in [0.25, 0.3) is 0 Å². The minimum atomic E-state index is -3.18. The summed E-state index contributed by atoms with van der Waals surface area (Å²) in [5.74, 6) is -0.314. The summed E-state index contributed by atoms with van der Waals surface area (Å²) in [7, 11) is -3.18. The third-order valence-electron chi connectivity index (χ3n) is 2.21. The van der Waals surface area contributed by atoms with Gasteiger partial charge in [0.1, 0.15) is 6.16 Å². The predicted octanol–water partition coefficient (Wildman–Crippen LogP) is 0.855. The number of aryl methyl sites for hydroxylation is 1. The molecule has 0 aliphatic heterocycles. The molecule has 0 heterocycles. The second kappa shape index (κ2) is 5.51. The van der Waals surface area contributed by atoms with Gasteiger partial charge in [0.25, 0.3) is 7.72 Å². The molecular weight excluding hydrogens is 225 g/mol. The Labute approximate surface area is 95.6 Å². The molecule has 0 spiro atoms. The van der Waals surface area contributed by atoms with Gasteiger partial charge in [0.2, 0.25) is 0 Å². The molecule has 0 fully saturated rings. The fourth-order valence-electron chi connectivity index (χ4n) is 1.39. The van der Waals surface area contributed by atoms with E-state index in [1.165, 1.54) is 0 Å². The van der Waals surface area contributed by atoms with Crippen LogP contribution < -0.4 is 5.73 Å². The summed E-state index contributed by atoms with van der Waals surface area (Å²) in [6.45, 7) is 1.82. The number of carbonyl (C=O) groups is 1. The van der Waals surface area contributed by atoms with Gasteiger partial charge in [-0.05, 0) is 12.5 Å². The Balaban J connectivity index is 2.64. The molecule has 5 heteroatoms. The van der Waals surface area contributed by atoms with Crippen molar-refractivity contribution < 1.29 is 14.6 Å². The Morgan fingerprint density at radius 1 is 1.31 bits per heavy atom. The van der Waals surface area contributed by atoms with Crippen molar-refractivity contribution in [2.45, 2.75) is 13.1 Å². The van der Waals surface area contributed by atoms with Crippen molar-refractivity contribution in [3.8, 4) is 0 Å². The summed E-state index contributed by atoms with van der Waals surface area (Å²) in [5.41, 5.74) is 7.08. The largest absolute Gasteiger partial charge is 0.324 e. The first-order valence-electron chi connectivity index (χ1n) is 5.03. The Morgan fingerprint density at radius 3 is 2.38 bits per heavy atom. The van der Waals surface area contributed by atoms with Gasteiger partial charge in [-0.3, -0.25) is 4.79 Å². The fraction of sp³-hybridized carbons (Fsp3) is 0.364. The van der Waals surface area contributed by atoms with Gasteiger partial charge in [0, 0.05) is 0 Å². The average molecular weight is 242 g/mol. The molecule has 0 saturated heterocycles. The zero-order valence-corrected chi connectivity index (χ0v) is 10.2. The lowest BCUT2D eigenvalue weighted by atomic mass is 10.2. The molecular formula is C11H17NO3P+. The number of hydrogen-bond acceptors (Lipinski definition) is 4. The SMILES string of the molecule is Cc1ccc(C[P+](O)(O)CC(=O)CN)cc1. The van der Waals surface area contributed by atoms with E-state index in [0.29, 0.717) is 0 Å². The molecule has 1 aromatic rings. The van der Waals surface area contributed by atoms with E-state index in [4.69, 9.17) is 5.73 Å². The summed E-state index contributed by atoms with van der Waals surface area (Å²) in [6.07, 6.45) is -0.0869. The highest BCUT2D eigenvalue weighted by Crippen LogP contribution is 2.52. The Kier molecular flexibility index (Phi) is 4.56. The Hall–Kier alpha value is -0.800. The van der Waals surface area contributed by atoms with Gasteiger partial charge in [0.15, 0.2) is 11.9 Å². The highest BCUT2D eigenvalue weighted by Gasteiger charge is 2.35. The van der Waals surface area contributed by atoms with Gasteiger partial charge < -0.3 is 5.73 Å². The molecule has 88 valence electrons. The lowest BCUT2D eigenvalue weighted by Crippen LogP contribution is -2.19. The highest BCUT2D eigenvalue weighted by molar-refractivity contribution is 7.64. The molecule has 0 aromatic heterocycles. The second-order valence-corrected chi connectivity index (χ2v) is 6.31. The van der Waals surface area contributed by atoms with Crippen LogP contribution in [0.5, 0.6) is 0 Å². The molecule has 0 radical (unpaired) electrons. The lowest BCUT2D eigenvalue weighted by molar-refractivity contribution is -0.115. The molecule has 0 amide bonds. The van der Waals surface area contributed by atoms with Gasteiger partial charge in [-0.1, -0.05) is 29.8 Å². The quantitative estimate of drug-likeness (QED) is 0.668. The van der Waals surface area contributed by atoms with E-state index in [-0.39, 0.29) is 24.7 Å². The summed E-state index contributed by atoms with van der Waals surface area (Å²) < 4.78 is 0. The molecule has 1 rings (SSSR count). The van der Waals surface area contributed by atoms with Crippen LogP contribution in [0, 0.1) is 6.92 Å². The van der Waals surface area contributed by atoms with Gasteiger partial charge in [-0.15, -0.1) is 0 Å². The maximum Gasteiger partial charge on any atom is 0.279 e. The number of rotatable bonds is 5. The maximum atomic E-state index is 11.1. The van der Waals surface area contributed by atoms with Gasteiger partial charge in [-0.25, -0.2) is 9.79 Å². The molecule has 0 bridgehead atoms. The van der Waals surface area contributed by atoms with Crippen molar-refractivity contribution in [1.29, 1.82) is 0 Å². The topological polar surface area (TPSA) is 83.5 Å². The fourth-order valence-corrected chi connectivity index (χ4v) is 2.99. The zero-order valence-electron chi connectivity index (χ0n) is 9.26. The van der Waals surface area contributed by atoms with Gasteiger partial charge in [0.05, 0.1) is 6.54 Å². The zero-order chi connectivity index (χ0) is 12.2. The number of benzene rings is 1. The van der Waals surface area contributed by atoms with Crippen molar-refractivity contribution in [3.05, 3.63) is 35.4 Å². The first-order chi connectivity index (χ1) is 7.43. The molecule has 1 aromatic carbocycles. The van der Waals surface area contributed by atoms with Crippen LogP contribution in [0.3, 0.4) is 0 Å². The molecule has 0 unspecified atom stereocenters. The van der Waals surface area contributed by atoms with E-state index >= 15 is 0 Å². The smallest absolute Gasteiger partial charge is 0.279 e. The molecule has 16 heavy (non-hydrogen) atoms. The Morgan fingerprint density at radius 2 is 1.88 bits per heavy atom. The molecule has 0 saturated carbocycles. The minimum absolute atomic E-state index is 0.138. The number of ketones is 1. The number of Topliss-reactive ketones (excluding diaryl/α,β-unsaturated/α-hetero) is 1. The van der Waals surface area contributed by atoms with Crippen molar-refractivity contribution >= 4 is 13.5 Å². The van der Waals surface area contributed by atoms with Crippen molar-refractivity contribution in [3.63, 3.8) is 0 Å². The van der Waals surface area contributed by atoms with Crippen LogP contribution >= 0.6 is 7.72 Å². The lowest BCUT2D eigenvalue weighted by Gasteiger charge is -2.11. The van der Waals surface area contributed by atoms with E-state index in [1.54, 1.807) is 0 Å². The van der Waals surface area contributed by atoms with Crippen molar-refractivity contribution in [2.24, 2.45) is 5.73 Å². The van der Waals surface area contributed by atoms with Gasteiger partial charge >= 0.3 is 0 Å². The molecule has 4 N–H and O–H groups in total. The standard InChI is InChI=1S/C11H17NO3P/c1-9-2-4-10(5-3-9)7-16(14,15)8-11(13)6-12/h2-5,14-15H,6-8,12H2,1H3/q+1. The third-order valence-corrected chi connectivity index (χ3v) is 3.94. The third kappa shape index (κ3) is 4.37. The first-order valence-corrected chi connectivity index (χ1v) is 7.09. The monoisotopic (exact) mass is 242 g/mol. The minimum Gasteiger partial charge on any atom is -0.324 e. The van der Waals surface area contributed by atoms with Crippen molar-refractivity contribution in [1.82, 2.24) is 0 Å². The Bertz CT molecular complexity index is 362. The summed E-state index contributed by atoms with van der Waals surface area (Å²) in [4.78, 5) is 30.5. The summed E-state index contributed by atoms with van der Waals surface area (Å²) in [6, 6.07) is 7.48. The van der Waals surface area contributed by atoms with Crippen LogP contribution in [0.4, 0.5) is 0 Å².